The first kappa shape index (κ1) is 17.1. The third-order valence-corrected chi connectivity index (χ3v) is 3.36. The number of nitrogens with two attached hydrogens (primary N) is 1. The maximum absolute atomic E-state index is 12.1. The molecule has 0 atom stereocenters. The maximum atomic E-state index is 12.1. The summed E-state index contributed by atoms with van der Waals surface area (Å²) in [4.78, 5) is 13.9. The van der Waals surface area contributed by atoms with Gasteiger partial charge in [0.2, 0.25) is 0 Å². The van der Waals surface area contributed by atoms with Crippen LogP contribution in [0.25, 0.3) is 0 Å². The fraction of sp³-hybridized carbons (Fsp3) is 0.158. The number of nitrogen functional groups attached to an aromatic ring is 1. The van der Waals surface area contributed by atoms with Gasteiger partial charge in [-0.15, -0.1) is 0 Å². The zero-order chi connectivity index (χ0) is 17.4. The lowest BCUT2D eigenvalue weighted by Gasteiger charge is -2.21. The number of rotatable bonds is 6. The number of amides is 1. The van der Waals surface area contributed by atoms with Crippen molar-refractivity contribution in [1.82, 2.24) is 5.32 Å². The molecule has 2 aromatic carbocycles. The van der Waals surface area contributed by atoms with Crippen LogP contribution >= 0.6 is 0 Å². The van der Waals surface area contributed by atoms with Crippen molar-refractivity contribution in [2.24, 2.45) is 0 Å². The molecule has 0 aromatic heterocycles. The predicted octanol–water partition coefficient (Wildman–Crippen LogP) is 3.34. The molecule has 2 rings (SSSR count). The van der Waals surface area contributed by atoms with E-state index in [1.165, 1.54) is 0 Å². The van der Waals surface area contributed by atoms with Crippen molar-refractivity contribution in [3.05, 3.63) is 66.4 Å². The van der Waals surface area contributed by atoms with Gasteiger partial charge in [0, 0.05) is 29.8 Å². The highest BCUT2D eigenvalue weighted by atomic mass is 16.1. The average Bonchev–Trinajstić information content (AvgIpc) is 2.62. The molecule has 0 radical (unpaired) electrons. The van der Waals surface area contributed by atoms with Crippen LogP contribution in [-0.2, 0) is 4.79 Å². The lowest BCUT2D eigenvalue weighted by Crippen LogP contribution is -2.26. The van der Waals surface area contributed by atoms with Gasteiger partial charge in [0.1, 0.15) is 11.6 Å². The van der Waals surface area contributed by atoms with Crippen LogP contribution in [0, 0.1) is 11.3 Å². The average molecular weight is 320 g/mol. The first-order valence-electron chi connectivity index (χ1n) is 7.75. The lowest BCUT2D eigenvalue weighted by molar-refractivity contribution is -0.117. The molecule has 0 aliphatic rings. The minimum atomic E-state index is -0.379. The summed E-state index contributed by atoms with van der Waals surface area (Å²) in [7, 11) is 0. The third kappa shape index (κ3) is 4.37. The monoisotopic (exact) mass is 320 g/mol. The van der Waals surface area contributed by atoms with E-state index >= 15 is 0 Å². The number of nitrogens with zero attached hydrogens (tertiary/aromatic N) is 2. The molecule has 0 unspecified atom stereocenters. The summed E-state index contributed by atoms with van der Waals surface area (Å²) < 4.78 is 0. The van der Waals surface area contributed by atoms with E-state index < -0.39 is 0 Å². The Balaban J connectivity index is 2.42. The normalized spacial score (nSPS) is 10.8. The van der Waals surface area contributed by atoms with Crippen molar-refractivity contribution in [1.29, 1.82) is 5.26 Å². The molecule has 0 fully saturated rings. The van der Waals surface area contributed by atoms with Crippen LogP contribution in [0.2, 0.25) is 0 Å². The molecule has 1 amide bonds. The molecule has 0 aliphatic heterocycles. The molecule has 5 nitrogen and oxygen atoms in total. The number of anilines is 3. The topological polar surface area (TPSA) is 82.2 Å². The molecular weight excluding hydrogens is 300 g/mol. The molecule has 122 valence electrons. The van der Waals surface area contributed by atoms with Gasteiger partial charge in [0.15, 0.2) is 0 Å². The van der Waals surface area contributed by atoms with Crippen LogP contribution in [0.5, 0.6) is 0 Å². The standard InChI is InChI=1S/C19H20N4O/c1-2-12-22-19(24)15(13-20)14-23(17-6-4-3-5-7-17)18-10-8-16(21)9-11-18/h3-11,14H,2,12,21H2,1H3,(H,22,24)/b15-14-. The number of hydrogen-bond donors (Lipinski definition) is 2. The Hall–Kier alpha value is -3.26. The van der Waals surface area contributed by atoms with Gasteiger partial charge in [-0.25, -0.2) is 0 Å². The molecule has 0 spiro atoms. The fourth-order valence-electron chi connectivity index (χ4n) is 2.12. The lowest BCUT2D eigenvalue weighted by atomic mass is 10.2. The van der Waals surface area contributed by atoms with E-state index in [1.54, 1.807) is 23.2 Å². The summed E-state index contributed by atoms with van der Waals surface area (Å²) >= 11 is 0. The zero-order valence-corrected chi connectivity index (χ0v) is 13.6. The molecule has 0 aliphatic carbocycles. The number of nitrogens with one attached hydrogen (secondary N) is 1. The van der Waals surface area contributed by atoms with Gasteiger partial charge in [0.05, 0.1) is 0 Å². The Bertz CT molecular complexity index is 745. The highest BCUT2D eigenvalue weighted by molar-refractivity contribution is 5.98. The van der Waals surface area contributed by atoms with E-state index in [0.717, 1.165) is 17.8 Å². The van der Waals surface area contributed by atoms with E-state index in [9.17, 15) is 10.1 Å². The number of benzene rings is 2. The van der Waals surface area contributed by atoms with E-state index in [1.807, 2.05) is 55.5 Å². The summed E-state index contributed by atoms with van der Waals surface area (Å²) in [6.07, 6.45) is 2.36. The SMILES string of the molecule is CCCNC(=O)/C(C#N)=C\N(c1ccccc1)c1ccc(N)cc1. The molecule has 0 saturated heterocycles. The molecular formula is C19H20N4O. The van der Waals surface area contributed by atoms with Gasteiger partial charge in [0.25, 0.3) is 5.91 Å². The molecule has 0 heterocycles. The van der Waals surface area contributed by atoms with Crippen LogP contribution in [0.4, 0.5) is 17.1 Å². The Morgan fingerprint density at radius 2 is 1.79 bits per heavy atom. The van der Waals surface area contributed by atoms with Gasteiger partial charge in [-0.1, -0.05) is 25.1 Å². The highest BCUT2D eigenvalue weighted by Gasteiger charge is 2.13. The van der Waals surface area contributed by atoms with Crippen molar-refractivity contribution >= 4 is 23.0 Å². The van der Waals surface area contributed by atoms with Crippen molar-refractivity contribution in [2.75, 3.05) is 17.2 Å². The van der Waals surface area contributed by atoms with E-state index in [0.29, 0.717) is 12.2 Å². The summed E-state index contributed by atoms with van der Waals surface area (Å²) in [6.45, 7) is 2.49. The second-order valence-electron chi connectivity index (χ2n) is 5.21. The molecule has 5 heteroatoms. The van der Waals surface area contributed by atoms with Crippen LogP contribution in [0.15, 0.2) is 66.4 Å². The first-order valence-corrected chi connectivity index (χ1v) is 7.75. The molecule has 2 aromatic rings. The summed E-state index contributed by atoms with van der Waals surface area (Å²) in [6, 6.07) is 18.8. The molecule has 0 saturated carbocycles. The Labute approximate surface area is 142 Å². The minimum absolute atomic E-state index is 0.0455. The highest BCUT2D eigenvalue weighted by Crippen LogP contribution is 2.27. The van der Waals surface area contributed by atoms with Crippen molar-refractivity contribution in [3.63, 3.8) is 0 Å². The molecule has 3 N–H and O–H groups in total. The van der Waals surface area contributed by atoms with Gasteiger partial charge < -0.3 is 16.0 Å². The van der Waals surface area contributed by atoms with Gasteiger partial charge in [-0.3, -0.25) is 4.79 Å². The fourth-order valence-corrected chi connectivity index (χ4v) is 2.12. The van der Waals surface area contributed by atoms with Crippen LogP contribution < -0.4 is 16.0 Å². The summed E-state index contributed by atoms with van der Waals surface area (Å²) in [5.41, 5.74) is 8.10. The smallest absolute Gasteiger partial charge is 0.263 e. The number of carbonyl (C=O) groups is 1. The van der Waals surface area contributed by atoms with Crippen LogP contribution in [-0.4, -0.2) is 12.5 Å². The Morgan fingerprint density at radius 1 is 1.17 bits per heavy atom. The first-order chi connectivity index (χ1) is 11.7. The number of hydrogen-bond acceptors (Lipinski definition) is 4. The van der Waals surface area contributed by atoms with Crippen LogP contribution in [0.1, 0.15) is 13.3 Å². The van der Waals surface area contributed by atoms with E-state index in [4.69, 9.17) is 5.73 Å². The van der Waals surface area contributed by atoms with Gasteiger partial charge >= 0.3 is 0 Å². The number of carbonyl (C=O) groups excluding carboxylic acids is 1. The minimum Gasteiger partial charge on any atom is -0.399 e. The zero-order valence-electron chi connectivity index (χ0n) is 13.6. The third-order valence-electron chi connectivity index (χ3n) is 3.36. The van der Waals surface area contributed by atoms with Gasteiger partial charge in [-0.2, -0.15) is 5.26 Å². The quantitative estimate of drug-likeness (QED) is 0.486. The summed E-state index contributed by atoms with van der Waals surface area (Å²) in [5.74, 6) is -0.379. The van der Waals surface area contributed by atoms with E-state index in [-0.39, 0.29) is 11.5 Å². The largest absolute Gasteiger partial charge is 0.399 e. The summed E-state index contributed by atoms with van der Waals surface area (Å²) in [5, 5.41) is 12.1. The predicted molar refractivity (Wildman–Crippen MR) is 96.4 cm³/mol. The van der Waals surface area contributed by atoms with Crippen LogP contribution in [0.3, 0.4) is 0 Å². The second kappa shape index (κ2) is 8.39. The van der Waals surface area contributed by atoms with Crippen molar-refractivity contribution in [2.45, 2.75) is 13.3 Å². The maximum Gasteiger partial charge on any atom is 0.263 e. The number of para-hydroxylation sites is 1. The Kier molecular flexibility index (Phi) is 5.98. The van der Waals surface area contributed by atoms with Crippen molar-refractivity contribution in [3.8, 4) is 6.07 Å². The second-order valence-corrected chi connectivity index (χ2v) is 5.21. The molecule has 24 heavy (non-hydrogen) atoms. The van der Waals surface area contributed by atoms with Crippen molar-refractivity contribution < 1.29 is 4.79 Å². The van der Waals surface area contributed by atoms with E-state index in [2.05, 4.69) is 5.32 Å². The molecule has 0 bridgehead atoms. The Morgan fingerprint density at radius 3 is 2.38 bits per heavy atom. The number of nitriles is 1. The van der Waals surface area contributed by atoms with Gasteiger partial charge in [-0.05, 0) is 42.8 Å².